The second-order valence-corrected chi connectivity index (χ2v) is 7.19. The monoisotopic (exact) mass is 413 g/mol. The molecular formula is C17H15Cl2F2N5O. The molecule has 142 valence electrons. The van der Waals surface area contributed by atoms with Gasteiger partial charge in [-0.05, 0) is 31.4 Å². The second kappa shape index (κ2) is 7.09. The third-order valence-electron chi connectivity index (χ3n) is 4.66. The molecule has 4 rings (SSSR count). The van der Waals surface area contributed by atoms with Crippen molar-refractivity contribution >= 4 is 35.0 Å². The van der Waals surface area contributed by atoms with Gasteiger partial charge in [-0.25, -0.2) is 18.7 Å². The highest BCUT2D eigenvalue weighted by atomic mass is 35.5. The number of aromatic nitrogens is 2. The lowest BCUT2D eigenvalue weighted by Gasteiger charge is -2.44. The fourth-order valence-corrected chi connectivity index (χ4v) is 3.93. The van der Waals surface area contributed by atoms with Crippen LogP contribution in [0.5, 0.6) is 0 Å². The Morgan fingerprint density at radius 2 is 1.85 bits per heavy atom. The summed E-state index contributed by atoms with van der Waals surface area (Å²) in [6, 6.07) is 5.40. The van der Waals surface area contributed by atoms with E-state index in [0.717, 1.165) is 24.8 Å². The smallest absolute Gasteiger partial charge is 0.294 e. The van der Waals surface area contributed by atoms with Gasteiger partial charge in [-0.3, -0.25) is 5.43 Å². The van der Waals surface area contributed by atoms with Crippen molar-refractivity contribution in [2.75, 3.05) is 5.32 Å². The second-order valence-electron chi connectivity index (χ2n) is 6.37. The first-order chi connectivity index (χ1) is 13.0. The standard InChI is InChI=1S/C17H15Cl2F2N5O/c18-10-3-1-4-11(19)12(10)17(5-2-6-17)24-16-22-7-9(8-23-16)14-25-26-15(27-14)13(20)21/h1,3-4,7-8,13,15,26H,2,5-6H2,(H,22,23,24). The van der Waals surface area contributed by atoms with Gasteiger partial charge in [0.25, 0.3) is 6.43 Å². The van der Waals surface area contributed by atoms with E-state index in [1.165, 1.54) is 12.4 Å². The van der Waals surface area contributed by atoms with E-state index < -0.39 is 18.2 Å². The summed E-state index contributed by atoms with van der Waals surface area (Å²) in [5.74, 6) is 0.408. The first-order valence-corrected chi connectivity index (χ1v) is 9.07. The molecule has 10 heteroatoms. The van der Waals surface area contributed by atoms with E-state index in [0.29, 0.717) is 21.6 Å². The summed E-state index contributed by atoms with van der Waals surface area (Å²) in [6.07, 6.45) is 1.49. The van der Waals surface area contributed by atoms with Crippen molar-refractivity contribution in [2.24, 2.45) is 5.10 Å². The summed E-state index contributed by atoms with van der Waals surface area (Å²) < 4.78 is 30.3. The molecular weight excluding hydrogens is 399 g/mol. The number of alkyl halides is 2. The van der Waals surface area contributed by atoms with Crippen molar-refractivity contribution in [3.8, 4) is 0 Å². The first kappa shape index (κ1) is 18.2. The summed E-state index contributed by atoms with van der Waals surface area (Å²) in [7, 11) is 0. The van der Waals surface area contributed by atoms with Gasteiger partial charge in [0.15, 0.2) is 0 Å². The van der Waals surface area contributed by atoms with Crippen LogP contribution in [0.15, 0.2) is 35.7 Å². The molecule has 1 atom stereocenters. The van der Waals surface area contributed by atoms with Crippen LogP contribution in [0.1, 0.15) is 30.4 Å². The molecule has 1 aliphatic carbocycles. The maximum atomic E-state index is 12.6. The Labute approximate surface area is 163 Å². The predicted molar refractivity (Wildman–Crippen MR) is 98.2 cm³/mol. The number of ether oxygens (including phenoxy) is 1. The molecule has 1 unspecified atom stereocenters. The summed E-state index contributed by atoms with van der Waals surface area (Å²) in [5.41, 5.74) is 3.03. The van der Waals surface area contributed by atoms with Gasteiger partial charge in [0.05, 0.1) is 11.1 Å². The van der Waals surface area contributed by atoms with E-state index in [1.807, 2.05) is 0 Å². The highest BCUT2D eigenvalue weighted by molar-refractivity contribution is 6.36. The number of nitrogens with one attached hydrogen (secondary N) is 2. The molecule has 1 saturated carbocycles. The first-order valence-electron chi connectivity index (χ1n) is 8.32. The van der Waals surface area contributed by atoms with Gasteiger partial charge in [-0.1, -0.05) is 29.3 Å². The van der Waals surface area contributed by atoms with Gasteiger partial charge < -0.3 is 10.1 Å². The number of nitrogens with zero attached hydrogens (tertiary/aromatic N) is 3. The van der Waals surface area contributed by atoms with Crippen LogP contribution in [0.2, 0.25) is 10.0 Å². The van der Waals surface area contributed by atoms with E-state index in [2.05, 4.69) is 25.8 Å². The zero-order valence-corrected chi connectivity index (χ0v) is 15.4. The number of anilines is 1. The summed E-state index contributed by atoms with van der Waals surface area (Å²) >= 11 is 12.8. The largest absolute Gasteiger partial charge is 0.444 e. The Balaban J connectivity index is 1.53. The lowest BCUT2D eigenvalue weighted by Crippen LogP contribution is -2.43. The van der Waals surface area contributed by atoms with E-state index in [1.54, 1.807) is 18.2 Å². The van der Waals surface area contributed by atoms with Crippen LogP contribution in [0.4, 0.5) is 14.7 Å². The molecule has 0 spiro atoms. The molecule has 6 nitrogen and oxygen atoms in total. The van der Waals surface area contributed by atoms with Crippen LogP contribution in [-0.4, -0.2) is 28.5 Å². The minimum Gasteiger partial charge on any atom is -0.444 e. The number of rotatable bonds is 5. The van der Waals surface area contributed by atoms with E-state index in [9.17, 15) is 8.78 Å². The number of hydrogen-bond acceptors (Lipinski definition) is 6. The predicted octanol–water partition coefficient (Wildman–Crippen LogP) is 4.15. The fraction of sp³-hybridized carbons (Fsp3) is 0.353. The van der Waals surface area contributed by atoms with E-state index >= 15 is 0 Å². The van der Waals surface area contributed by atoms with E-state index in [4.69, 9.17) is 27.9 Å². The zero-order valence-electron chi connectivity index (χ0n) is 13.9. The molecule has 2 N–H and O–H groups in total. The average Bonchev–Trinajstić information content (AvgIpc) is 3.10. The van der Waals surface area contributed by atoms with Gasteiger partial charge in [-0.15, -0.1) is 5.10 Å². The van der Waals surface area contributed by atoms with Gasteiger partial charge in [0, 0.05) is 28.0 Å². The Bertz CT molecular complexity index is 854. The van der Waals surface area contributed by atoms with Crippen LogP contribution >= 0.6 is 23.2 Å². The molecule has 2 aliphatic rings. The molecule has 1 aromatic heterocycles. The fourth-order valence-electron chi connectivity index (χ4n) is 3.18. The molecule has 0 radical (unpaired) electrons. The minimum atomic E-state index is -2.69. The van der Waals surface area contributed by atoms with Crippen LogP contribution in [-0.2, 0) is 10.3 Å². The van der Waals surface area contributed by atoms with Crippen LogP contribution < -0.4 is 10.7 Å². The van der Waals surface area contributed by atoms with Crippen molar-refractivity contribution in [1.29, 1.82) is 0 Å². The van der Waals surface area contributed by atoms with Crippen molar-refractivity contribution in [3.63, 3.8) is 0 Å². The zero-order chi connectivity index (χ0) is 19.0. The molecule has 0 bridgehead atoms. The number of halogens is 4. The van der Waals surface area contributed by atoms with Crippen LogP contribution in [0.25, 0.3) is 0 Å². The number of hydrazone groups is 1. The molecule has 1 aromatic carbocycles. The molecule has 0 amide bonds. The van der Waals surface area contributed by atoms with Crippen LogP contribution in [0.3, 0.4) is 0 Å². The average molecular weight is 414 g/mol. The molecule has 1 fully saturated rings. The van der Waals surface area contributed by atoms with Crippen LogP contribution in [0, 0.1) is 0 Å². The highest BCUT2D eigenvalue weighted by Crippen LogP contribution is 2.48. The maximum absolute atomic E-state index is 12.6. The van der Waals surface area contributed by atoms with Crippen molar-refractivity contribution in [1.82, 2.24) is 15.4 Å². The quantitative estimate of drug-likeness (QED) is 0.770. The van der Waals surface area contributed by atoms with Gasteiger partial charge in [-0.2, -0.15) is 0 Å². The maximum Gasteiger partial charge on any atom is 0.294 e. The van der Waals surface area contributed by atoms with Gasteiger partial charge in [0.1, 0.15) is 0 Å². The summed E-state index contributed by atoms with van der Waals surface area (Å²) in [4.78, 5) is 8.52. The molecule has 2 aromatic rings. The lowest BCUT2D eigenvalue weighted by molar-refractivity contribution is 0.000572. The van der Waals surface area contributed by atoms with Crippen molar-refractivity contribution in [2.45, 2.75) is 37.5 Å². The topological polar surface area (TPSA) is 71.4 Å². The number of benzene rings is 1. The van der Waals surface area contributed by atoms with Gasteiger partial charge >= 0.3 is 0 Å². The highest BCUT2D eigenvalue weighted by Gasteiger charge is 2.42. The third-order valence-corrected chi connectivity index (χ3v) is 5.29. The SMILES string of the molecule is FC(F)C1NN=C(c2cnc(NC3(c4c(Cl)cccc4Cl)CCC3)nc2)O1. The van der Waals surface area contributed by atoms with Gasteiger partial charge in [0.2, 0.25) is 18.1 Å². The Kier molecular flexibility index (Phi) is 4.77. The molecule has 2 heterocycles. The van der Waals surface area contributed by atoms with Crippen molar-refractivity contribution < 1.29 is 13.5 Å². The molecule has 1 aliphatic heterocycles. The Morgan fingerprint density at radius 1 is 1.19 bits per heavy atom. The minimum absolute atomic E-state index is 0.0272. The Morgan fingerprint density at radius 3 is 2.37 bits per heavy atom. The summed E-state index contributed by atoms with van der Waals surface area (Å²) in [5, 5.41) is 8.24. The Hall–Kier alpha value is -2.19. The lowest BCUT2D eigenvalue weighted by atomic mass is 9.72. The molecule has 27 heavy (non-hydrogen) atoms. The summed E-state index contributed by atoms with van der Waals surface area (Å²) in [6.45, 7) is 0. The molecule has 0 saturated heterocycles. The third kappa shape index (κ3) is 3.39. The van der Waals surface area contributed by atoms with E-state index in [-0.39, 0.29) is 5.90 Å². The van der Waals surface area contributed by atoms with Crippen molar-refractivity contribution in [3.05, 3.63) is 51.8 Å². The normalized spacial score (nSPS) is 20.5. The number of hydrogen-bond donors (Lipinski definition) is 2.